The summed E-state index contributed by atoms with van der Waals surface area (Å²) in [5.41, 5.74) is 0.426. The van der Waals surface area contributed by atoms with E-state index in [2.05, 4.69) is 37.5 Å². The van der Waals surface area contributed by atoms with E-state index in [-0.39, 0.29) is 11.9 Å². The van der Waals surface area contributed by atoms with Gasteiger partial charge in [-0.15, -0.1) is 0 Å². The van der Waals surface area contributed by atoms with Crippen LogP contribution < -0.4 is 0 Å². The van der Waals surface area contributed by atoms with Crippen LogP contribution in [-0.4, -0.2) is 74.2 Å². The first-order chi connectivity index (χ1) is 19.4. The van der Waals surface area contributed by atoms with E-state index >= 15 is 0 Å². The molecular weight excluding hydrogens is 500 g/mol. The summed E-state index contributed by atoms with van der Waals surface area (Å²) >= 11 is 0. The van der Waals surface area contributed by atoms with Gasteiger partial charge in [0.25, 0.3) is 0 Å². The molecule has 222 valence electrons. The van der Waals surface area contributed by atoms with Gasteiger partial charge in [-0.25, -0.2) is 0 Å². The first-order valence-corrected chi connectivity index (χ1v) is 15.3. The molecule has 2 atom stereocenters. The van der Waals surface area contributed by atoms with Crippen LogP contribution in [0.4, 0.5) is 0 Å². The molecule has 0 amide bonds. The fourth-order valence-electron chi connectivity index (χ4n) is 5.76. The highest BCUT2D eigenvalue weighted by molar-refractivity contribution is 5.84. The molecule has 0 heterocycles. The first kappa shape index (κ1) is 33.5. The van der Waals surface area contributed by atoms with Crippen molar-refractivity contribution in [3.63, 3.8) is 0 Å². The molecule has 0 saturated carbocycles. The van der Waals surface area contributed by atoms with Gasteiger partial charge in [-0.05, 0) is 64.0 Å². The molecule has 0 unspecified atom stereocenters. The van der Waals surface area contributed by atoms with Gasteiger partial charge in [0, 0.05) is 13.1 Å². The van der Waals surface area contributed by atoms with Crippen LogP contribution in [0.15, 0.2) is 60.7 Å². The Balaban J connectivity index is 2.45. The summed E-state index contributed by atoms with van der Waals surface area (Å²) in [7, 11) is 0. The highest BCUT2D eigenvalue weighted by Crippen LogP contribution is 2.37. The van der Waals surface area contributed by atoms with Crippen LogP contribution >= 0.6 is 0 Å². The average Bonchev–Trinajstić information content (AvgIpc) is 2.99. The molecule has 0 saturated heterocycles. The van der Waals surface area contributed by atoms with Crippen molar-refractivity contribution in [2.45, 2.75) is 78.1 Å². The minimum absolute atomic E-state index is 0.170. The molecule has 0 aliphatic carbocycles. The second kappa shape index (κ2) is 17.2. The standard InChI is InChI=1S/C34H52N2O4/c1-7-35(8-2)27-33(31(37)39-11-5,29-21-15-13-16-22-29)25-19-20-26-34(32(38)40-12-6,28-36(9-3)10-4)30-23-17-14-18-24-30/h13-18,21-24H,7-12,19-20,25-28H2,1-6H3/t33-,34+. The minimum Gasteiger partial charge on any atom is -0.465 e. The van der Waals surface area contributed by atoms with E-state index < -0.39 is 10.8 Å². The fraction of sp³-hybridized carbons (Fsp3) is 0.588. The molecule has 0 spiro atoms. The van der Waals surface area contributed by atoms with Crippen molar-refractivity contribution in [1.29, 1.82) is 0 Å². The van der Waals surface area contributed by atoms with Crippen LogP contribution in [0, 0.1) is 0 Å². The third-order valence-electron chi connectivity index (χ3n) is 8.22. The molecular formula is C34H52N2O4. The van der Waals surface area contributed by atoms with Crippen molar-refractivity contribution in [2.24, 2.45) is 0 Å². The van der Waals surface area contributed by atoms with E-state index in [0.29, 0.717) is 39.1 Å². The van der Waals surface area contributed by atoms with E-state index in [1.807, 2.05) is 74.5 Å². The lowest BCUT2D eigenvalue weighted by Gasteiger charge is -2.38. The number of carbonyl (C=O) groups excluding carboxylic acids is 2. The quantitative estimate of drug-likeness (QED) is 0.152. The van der Waals surface area contributed by atoms with Gasteiger partial charge in [-0.1, -0.05) is 101 Å². The van der Waals surface area contributed by atoms with Crippen molar-refractivity contribution in [1.82, 2.24) is 9.80 Å². The van der Waals surface area contributed by atoms with Gasteiger partial charge < -0.3 is 19.3 Å². The van der Waals surface area contributed by atoms with Crippen molar-refractivity contribution in [3.05, 3.63) is 71.8 Å². The second-order valence-corrected chi connectivity index (χ2v) is 10.5. The molecule has 0 aromatic heterocycles. The highest BCUT2D eigenvalue weighted by Gasteiger charge is 2.45. The van der Waals surface area contributed by atoms with Crippen LogP contribution in [0.5, 0.6) is 0 Å². The van der Waals surface area contributed by atoms with Gasteiger partial charge >= 0.3 is 11.9 Å². The maximum absolute atomic E-state index is 13.7. The number of unbranched alkanes of at least 4 members (excludes halogenated alkanes) is 1. The van der Waals surface area contributed by atoms with Gasteiger partial charge in [0.05, 0.1) is 13.2 Å². The largest absolute Gasteiger partial charge is 0.465 e. The lowest BCUT2D eigenvalue weighted by molar-refractivity contribution is -0.153. The topological polar surface area (TPSA) is 59.1 Å². The molecule has 2 aromatic carbocycles. The average molecular weight is 553 g/mol. The zero-order valence-electron chi connectivity index (χ0n) is 25.8. The summed E-state index contributed by atoms with van der Waals surface area (Å²) in [5.74, 6) is -0.341. The maximum atomic E-state index is 13.7. The van der Waals surface area contributed by atoms with E-state index in [0.717, 1.165) is 50.1 Å². The number of rotatable bonds is 19. The normalized spacial score (nSPS) is 14.5. The highest BCUT2D eigenvalue weighted by atomic mass is 16.5. The molecule has 2 aromatic rings. The van der Waals surface area contributed by atoms with Crippen molar-refractivity contribution in [3.8, 4) is 0 Å². The van der Waals surface area contributed by atoms with Crippen LogP contribution in [0.25, 0.3) is 0 Å². The molecule has 0 aliphatic rings. The lowest BCUT2D eigenvalue weighted by Crippen LogP contribution is -2.48. The number of nitrogens with zero attached hydrogens (tertiary/aromatic N) is 2. The van der Waals surface area contributed by atoms with Crippen LogP contribution in [0.2, 0.25) is 0 Å². The van der Waals surface area contributed by atoms with Gasteiger partial charge in [-0.3, -0.25) is 9.59 Å². The SMILES string of the molecule is CCOC(=O)[C@](CCCC[C@@](CN(CC)CC)(C(=O)OCC)c1ccccc1)(CN(CC)CC)c1ccccc1. The summed E-state index contributed by atoms with van der Waals surface area (Å²) in [6, 6.07) is 20.2. The van der Waals surface area contributed by atoms with E-state index in [4.69, 9.17) is 9.47 Å². The summed E-state index contributed by atoms with van der Waals surface area (Å²) in [4.78, 5) is 32.1. The number of ether oxygens (including phenoxy) is 2. The second-order valence-electron chi connectivity index (χ2n) is 10.5. The Labute approximate surface area is 243 Å². The summed E-state index contributed by atoms with van der Waals surface area (Å²) < 4.78 is 11.4. The molecule has 0 radical (unpaired) electrons. The summed E-state index contributed by atoms with van der Waals surface area (Å²) in [5, 5.41) is 0. The summed E-state index contributed by atoms with van der Waals surface area (Å²) in [6.45, 7) is 17.6. The van der Waals surface area contributed by atoms with E-state index in [1.165, 1.54) is 0 Å². The van der Waals surface area contributed by atoms with E-state index in [1.54, 1.807) is 0 Å². The smallest absolute Gasteiger partial charge is 0.317 e. The Bertz CT molecular complexity index is 910. The Kier molecular flexibility index (Phi) is 14.4. The third kappa shape index (κ3) is 8.40. The van der Waals surface area contributed by atoms with Crippen molar-refractivity contribution >= 4 is 11.9 Å². The molecule has 0 fully saturated rings. The number of hydrogen-bond donors (Lipinski definition) is 0. The van der Waals surface area contributed by atoms with Gasteiger partial charge in [0.2, 0.25) is 0 Å². The van der Waals surface area contributed by atoms with Gasteiger partial charge in [-0.2, -0.15) is 0 Å². The molecule has 0 bridgehead atoms. The number of esters is 2. The molecule has 0 aliphatic heterocycles. The lowest BCUT2D eigenvalue weighted by atomic mass is 9.72. The zero-order valence-corrected chi connectivity index (χ0v) is 25.8. The molecule has 6 nitrogen and oxygen atoms in total. The Hall–Kier alpha value is -2.70. The number of hydrogen-bond acceptors (Lipinski definition) is 6. The van der Waals surface area contributed by atoms with Crippen LogP contribution in [-0.2, 0) is 29.9 Å². The van der Waals surface area contributed by atoms with Gasteiger partial charge in [0.15, 0.2) is 0 Å². The number of likely N-dealkylation sites (N-methyl/N-ethyl adjacent to an activating group) is 2. The Morgan fingerprint density at radius 3 is 1.18 bits per heavy atom. The Morgan fingerprint density at radius 1 is 0.575 bits per heavy atom. The maximum Gasteiger partial charge on any atom is 0.317 e. The molecule has 40 heavy (non-hydrogen) atoms. The van der Waals surface area contributed by atoms with Crippen LogP contribution in [0.3, 0.4) is 0 Å². The van der Waals surface area contributed by atoms with Crippen molar-refractivity contribution < 1.29 is 19.1 Å². The van der Waals surface area contributed by atoms with E-state index in [9.17, 15) is 9.59 Å². The predicted molar refractivity (Wildman–Crippen MR) is 164 cm³/mol. The monoisotopic (exact) mass is 552 g/mol. The Morgan fingerprint density at radius 2 is 0.900 bits per heavy atom. The molecule has 6 heteroatoms. The third-order valence-corrected chi connectivity index (χ3v) is 8.22. The molecule has 2 rings (SSSR count). The first-order valence-electron chi connectivity index (χ1n) is 15.3. The van der Waals surface area contributed by atoms with Crippen molar-refractivity contribution in [2.75, 3.05) is 52.5 Å². The summed E-state index contributed by atoms with van der Waals surface area (Å²) in [6.07, 6.45) is 2.85. The van der Waals surface area contributed by atoms with Crippen LogP contribution in [0.1, 0.15) is 78.4 Å². The van der Waals surface area contributed by atoms with Gasteiger partial charge in [0.1, 0.15) is 10.8 Å². The predicted octanol–water partition coefficient (Wildman–Crippen LogP) is 6.23. The number of carbonyl (C=O) groups is 2. The number of benzene rings is 2. The minimum atomic E-state index is -0.776. The molecule has 0 N–H and O–H groups in total. The fourth-order valence-corrected chi connectivity index (χ4v) is 5.76. The zero-order chi connectivity index (χ0) is 29.4.